The number of nitrogens with zero attached hydrogens (tertiary/aromatic N) is 2. The van der Waals surface area contributed by atoms with Crippen LogP contribution in [0.25, 0.3) is 10.2 Å². The van der Waals surface area contributed by atoms with Crippen molar-refractivity contribution in [2.24, 2.45) is 0 Å². The molecule has 108 valence electrons. The first-order chi connectivity index (χ1) is 8.74. The van der Waals surface area contributed by atoms with Crippen molar-refractivity contribution in [3.8, 4) is 0 Å². The van der Waals surface area contributed by atoms with Crippen molar-refractivity contribution >= 4 is 75.1 Å². The number of aromatic nitrogens is 2. The predicted octanol–water partition coefficient (Wildman–Crippen LogP) is 5.17. The van der Waals surface area contributed by atoms with Crippen molar-refractivity contribution in [1.82, 2.24) is 9.97 Å². The number of halogens is 3. The lowest BCUT2D eigenvalue weighted by atomic mass is 10.3. The Balaban J connectivity index is 0.000001000. The van der Waals surface area contributed by atoms with Gasteiger partial charge in [0.1, 0.15) is 5.82 Å². The molecule has 3 aromatic heterocycles. The summed E-state index contributed by atoms with van der Waals surface area (Å²) in [6.07, 6.45) is 0. The Hall–Kier alpha value is -0.590. The number of hydrogen-bond acceptors (Lipinski definition) is 5. The Kier molecular flexibility index (Phi) is 6.48. The summed E-state index contributed by atoms with van der Waals surface area (Å²) in [7, 11) is 0. The first kappa shape index (κ1) is 17.5. The molecule has 0 bridgehead atoms. The fourth-order valence-electron chi connectivity index (χ4n) is 1.71. The Morgan fingerprint density at radius 1 is 1.25 bits per heavy atom. The number of thiophene rings is 2. The van der Waals surface area contributed by atoms with Crippen molar-refractivity contribution in [2.45, 2.75) is 13.5 Å². The minimum atomic E-state index is 0. The fraction of sp³-hybridized carbons (Fsp3) is 0.167. The van der Waals surface area contributed by atoms with Crippen LogP contribution in [0.5, 0.6) is 0 Å². The quantitative estimate of drug-likeness (QED) is 0.648. The summed E-state index contributed by atoms with van der Waals surface area (Å²) in [6, 6.07) is 4.14. The van der Waals surface area contributed by atoms with Crippen LogP contribution in [-0.2, 0) is 6.54 Å². The van der Waals surface area contributed by atoms with Crippen LogP contribution in [0.2, 0.25) is 5.28 Å². The van der Waals surface area contributed by atoms with E-state index >= 15 is 0 Å². The van der Waals surface area contributed by atoms with Crippen molar-refractivity contribution < 1.29 is 0 Å². The van der Waals surface area contributed by atoms with Gasteiger partial charge < -0.3 is 5.32 Å². The number of rotatable bonds is 3. The maximum absolute atomic E-state index is 5.96. The van der Waals surface area contributed by atoms with Crippen molar-refractivity contribution in [3.05, 3.63) is 38.6 Å². The number of aryl methyl sites for hydroxylation is 1. The maximum Gasteiger partial charge on any atom is 0.224 e. The van der Waals surface area contributed by atoms with Gasteiger partial charge in [-0.1, -0.05) is 6.07 Å². The van der Waals surface area contributed by atoms with Gasteiger partial charge in [0.15, 0.2) is 0 Å². The molecule has 0 aliphatic carbocycles. The molecule has 0 aliphatic heterocycles. The van der Waals surface area contributed by atoms with E-state index in [1.807, 2.05) is 13.0 Å². The highest BCUT2D eigenvalue weighted by molar-refractivity contribution is 7.18. The van der Waals surface area contributed by atoms with Gasteiger partial charge in [-0.2, -0.15) is 4.98 Å². The third kappa shape index (κ3) is 3.54. The molecule has 0 saturated heterocycles. The van der Waals surface area contributed by atoms with Crippen LogP contribution in [0.1, 0.15) is 10.4 Å². The van der Waals surface area contributed by atoms with E-state index in [2.05, 4.69) is 32.1 Å². The largest absolute Gasteiger partial charge is 0.364 e. The fourth-order valence-corrected chi connectivity index (χ4v) is 3.48. The number of anilines is 1. The maximum atomic E-state index is 5.96. The molecule has 0 spiro atoms. The summed E-state index contributed by atoms with van der Waals surface area (Å²) in [5.74, 6) is 0.816. The molecule has 0 saturated carbocycles. The summed E-state index contributed by atoms with van der Waals surface area (Å²) in [5.41, 5.74) is 2.08. The third-order valence-electron chi connectivity index (χ3n) is 2.58. The molecule has 0 radical (unpaired) electrons. The van der Waals surface area contributed by atoms with Gasteiger partial charge in [0.05, 0.1) is 16.8 Å². The highest BCUT2D eigenvalue weighted by Gasteiger charge is 2.10. The van der Waals surface area contributed by atoms with Crippen LogP contribution in [0.15, 0.2) is 22.9 Å². The Morgan fingerprint density at radius 3 is 2.75 bits per heavy atom. The summed E-state index contributed by atoms with van der Waals surface area (Å²) in [6.45, 7) is 2.79. The van der Waals surface area contributed by atoms with Crippen LogP contribution in [0.4, 0.5) is 5.82 Å². The standard InChI is InChI=1S/C12H10ClN3S2.2ClH/c1-7-6-18-10-9(7)15-12(13)16-11(10)14-5-8-3-2-4-17-8;;/h2-4,6H,5H2,1H3,(H,14,15,16);2*1H. The Labute approximate surface area is 142 Å². The molecule has 3 nitrogen and oxygen atoms in total. The van der Waals surface area contributed by atoms with Crippen LogP contribution in [0.3, 0.4) is 0 Å². The molecule has 3 rings (SSSR count). The summed E-state index contributed by atoms with van der Waals surface area (Å²) >= 11 is 9.32. The van der Waals surface area contributed by atoms with E-state index in [-0.39, 0.29) is 30.1 Å². The monoisotopic (exact) mass is 367 g/mol. The first-order valence-electron chi connectivity index (χ1n) is 5.41. The minimum Gasteiger partial charge on any atom is -0.364 e. The molecule has 0 atom stereocenters. The molecule has 0 unspecified atom stereocenters. The zero-order chi connectivity index (χ0) is 12.5. The second kappa shape index (κ2) is 7.43. The zero-order valence-corrected chi connectivity index (χ0v) is 14.4. The molecule has 3 aromatic rings. The minimum absolute atomic E-state index is 0. The summed E-state index contributed by atoms with van der Waals surface area (Å²) < 4.78 is 1.06. The SMILES string of the molecule is Cc1csc2c(NCc3cccs3)nc(Cl)nc12.Cl.Cl. The molecule has 8 heteroatoms. The van der Waals surface area contributed by atoms with Gasteiger partial charge in [-0.3, -0.25) is 0 Å². The van der Waals surface area contributed by atoms with E-state index in [0.717, 1.165) is 28.1 Å². The van der Waals surface area contributed by atoms with Crippen LogP contribution in [-0.4, -0.2) is 9.97 Å². The highest BCUT2D eigenvalue weighted by atomic mass is 35.5. The van der Waals surface area contributed by atoms with E-state index in [4.69, 9.17) is 11.6 Å². The lowest BCUT2D eigenvalue weighted by molar-refractivity contribution is 1.13. The second-order valence-corrected chi connectivity index (χ2v) is 6.12. The van der Waals surface area contributed by atoms with Gasteiger partial charge >= 0.3 is 0 Å². The molecule has 1 N–H and O–H groups in total. The summed E-state index contributed by atoms with van der Waals surface area (Å²) in [5, 5.41) is 7.76. The second-order valence-electron chi connectivity index (χ2n) is 3.87. The Morgan fingerprint density at radius 2 is 2.05 bits per heavy atom. The van der Waals surface area contributed by atoms with Crippen LogP contribution in [0, 0.1) is 6.92 Å². The van der Waals surface area contributed by atoms with Gasteiger partial charge in [-0.25, -0.2) is 4.98 Å². The van der Waals surface area contributed by atoms with Gasteiger partial charge in [0.2, 0.25) is 5.28 Å². The molecule has 0 aromatic carbocycles. The van der Waals surface area contributed by atoms with E-state index in [1.54, 1.807) is 22.7 Å². The van der Waals surface area contributed by atoms with Gasteiger partial charge in [-0.05, 0) is 40.9 Å². The van der Waals surface area contributed by atoms with Gasteiger partial charge in [0, 0.05) is 4.88 Å². The van der Waals surface area contributed by atoms with E-state index < -0.39 is 0 Å². The van der Waals surface area contributed by atoms with E-state index in [1.165, 1.54) is 4.88 Å². The number of nitrogens with one attached hydrogen (secondary N) is 1. The van der Waals surface area contributed by atoms with E-state index in [0.29, 0.717) is 0 Å². The molecule has 0 aliphatic rings. The highest BCUT2D eigenvalue weighted by Crippen LogP contribution is 2.30. The van der Waals surface area contributed by atoms with Crippen molar-refractivity contribution in [3.63, 3.8) is 0 Å². The van der Waals surface area contributed by atoms with Crippen LogP contribution >= 0.6 is 59.1 Å². The predicted molar refractivity (Wildman–Crippen MR) is 93.3 cm³/mol. The average Bonchev–Trinajstić information content (AvgIpc) is 2.97. The van der Waals surface area contributed by atoms with Crippen molar-refractivity contribution in [2.75, 3.05) is 5.32 Å². The average molecular weight is 369 g/mol. The van der Waals surface area contributed by atoms with E-state index in [9.17, 15) is 0 Å². The third-order valence-corrected chi connectivity index (χ3v) is 4.71. The molecule has 0 fully saturated rings. The molecule has 0 amide bonds. The topological polar surface area (TPSA) is 37.8 Å². The lowest BCUT2D eigenvalue weighted by Crippen LogP contribution is -2.01. The van der Waals surface area contributed by atoms with Crippen molar-refractivity contribution in [1.29, 1.82) is 0 Å². The molecular weight excluding hydrogens is 357 g/mol. The van der Waals surface area contributed by atoms with Gasteiger partial charge in [0.25, 0.3) is 0 Å². The first-order valence-corrected chi connectivity index (χ1v) is 7.55. The lowest BCUT2D eigenvalue weighted by Gasteiger charge is -2.05. The molecule has 20 heavy (non-hydrogen) atoms. The zero-order valence-electron chi connectivity index (χ0n) is 10.4. The molecule has 3 heterocycles. The normalized spacial score (nSPS) is 9.90. The van der Waals surface area contributed by atoms with Crippen LogP contribution < -0.4 is 5.32 Å². The number of fused-ring (bicyclic) bond motifs is 1. The number of hydrogen-bond donors (Lipinski definition) is 1. The summed E-state index contributed by atoms with van der Waals surface area (Å²) in [4.78, 5) is 9.81. The smallest absolute Gasteiger partial charge is 0.224 e. The van der Waals surface area contributed by atoms with Gasteiger partial charge in [-0.15, -0.1) is 47.5 Å². The Bertz CT molecular complexity index is 683. The molecular formula is C12H12Cl3N3S2.